The van der Waals surface area contributed by atoms with Crippen molar-refractivity contribution in [3.8, 4) is 17.4 Å². The van der Waals surface area contributed by atoms with Gasteiger partial charge in [0, 0.05) is 49.6 Å². The van der Waals surface area contributed by atoms with Crippen molar-refractivity contribution < 1.29 is 18.7 Å². The van der Waals surface area contributed by atoms with Gasteiger partial charge in [0.25, 0.3) is 6.01 Å². The number of amides is 1. The van der Waals surface area contributed by atoms with Gasteiger partial charge in [-0.25, -0.2) is 9.78 Å². The molecule has 2 N–H and O–H groups in total. The molecule has 4 aromatic rings. The predicted molar refractivity (Wildman–Crippen MR) is 135 cm³/mol. The van der Waals surface area contributed by atoms with E-state index < -0.39 is 6.09 Å². The topological polar surface area (TPSA) is 114 Å². The molecular formula is C27H27N5O4. The molecule has 5 rings (SSSR count). The fourth-order valence-electron chi connectivity index (χ4n) is 4.39. The van der Waals surface area contributed by atoms with Crippen molar-refractivity contribution in [1.82, 2.24) is 14.9 Å². The summed E-state index contributed by atoms with van der Waals surface area (Å²) < 4.78 is 18.6. The van der Waals surface area contributed by atoms with E-state index in [-0.39, 0.29) is 0 Å². The van der Waals surface area contributed by atoms with Crippen molar-refractivity contribution in [3.05, 3.63) is 66.0 Å². The molecular weight excluding hydrogens is 458 g/mol. The van der Waals surface area contributed by atoms with E-state index >= 15 is 0 Å². The quantitative estimate of drug-likeness (QED) is 0.357. The lowest BCUT2D eigenvalue weighted by Crippen LogP contribution is -2.25. The number of hydrogen-bond acceptors (Lipinski definition) is 7. The summed E-state index contributed by atoms with van der Waals surface area (Å²) >= 11 is 0. The molecule has 3 heterocycles. The van der Waals surface area contributed by atoms with Gasteiger partial charge in [-0.05, 0) is 42.5 Å². The molecule has 9 nitrogen and oxygen atoms in total. The number of nitrogens with one attached hydrogen (secondary N) is 2. The van der Waals surface area contributed by atoms with Gasteiger partial charge in [0.05, 0.1) is 23.9 Å². The highest BCUT2D eigenvalue weighted by molar-refractivity contribution is 5.89. The van der Waals surface area contributed by atoms with Crippen LogP contribution in [-0.2, 0) is 23.1 Å². The number of carbonyl (C=O) groups excluding carboxylic acids is 1. The molecule has 2 aromatic heterocycles. The van der Waals surface area contributed by atoms with Gasteiger partial charge in [0.15, 0.2) is 5.76 Å². The summed E-state index contributed by atoms with van der Waals surface area (Å²) in [6, 6.07) is 16.0. The Morgan fingerprint density at radius 1 is 1.31 bits per heavy atom. The van der Waals surface area contributed by atoms with Crippen molar-refractivity contribution in [1.29, 1.82) is 5.26 Å². The van der Waals surface area contributed by atoms with Crippen molar-refractivity contribution >= 4 is 28.7 Å². The number of ether oxygens (including phenoxy) is 2. The third-order valence-corrected chi connectivity index (χ3v) is 6.36. The Bertz CT molecular complexity index is 1410. The molecule has 184 valence electrons. The van der Waals surface area contributed by atoms with Gasteiger partial charge >= 0.3 is 6.09 Å². The van der Waals surface area contributed by atoms with Crippen LogP contribution in [0.4, 0.5) is 16.5 Å². The number of aryl methyl sites for hydroxylation is 1. The number of carbonyl (C=O) groups is 1. The lowest BCUT2D eigenvalue weighted by Gasteiger charge is -2.11. The van der Waals surface area contributed by atoms with Crippen LogP contribution in [0.3, 0.4) is 0 Å². The Balaban J connectivity index is 1.22. The van der Waals surface area contributed by atoms with Gasteiger partial charge in [0.2, 0.25) is 0 Å². The first-order valence-electron chi connectivity index (χ1n) is 11.9. The third-order valence-electron chi connectivity index (χ3n) is 6.36. The number of aromatic nitrogens is 2. The summed E-state index contributed by atoms with van der Waals surface area (Å²) in [6.45, 7) is 2.22. The minimum atomic E-state index is -0.445. The van der Waals surface area contributed by atoms with Gasteiger partial charge in [-0.15, -0.1) is 0 Å². The SMILES string of the molecule is Cn1cc(C#N)c2ccc(Nc3ncc(-c4ccccc4CNC(=O)OCCC4CCOC4)o3)cc21. The third kappa shape index (κ3) is 5.19. The molecule has 36 heavy (non-hydrogen) atoms. The van der Waals surface area contributed by atoms with Crippen molar-refractivity contribution in [2.45, 2.75) is 19.4 Å². The summed E-state index contributed by atoms with van der Waals surface area (Å²) in [4.78, 5) is 16.5. The Morgan fingerprint density at radius 2 is 2.19 bits per heavy atom. The van der Waals surface area contributed by atoms with E-state index in [4.69, 9.17) is 13.9 Å². The average molecular weight is 486 g/mol. The van der Waals surface area contributed by atoms with Gasteiger partial charge in [0.1, 0.15) is 6.07 Å². The van der Waals surface area contributed by atoms with Crippen LogP contribution in [0, 0.1) is 17.2 Å². The highest BCUT2D eigenvalue weighted by atomic mass is 16.5. The highest BCUT2D eigenvalue weighted by Crippen LogP contribution is 2.29. The monoisotopic (exact) mass is 485 g/mol. The molecule has 2 aromatic carbocycles. The van der Waals surface area contributed by atoms with Crippen molar-refractivity contribution in [2.24, 2.45) is 13.0 Å². The molecule has 0 radical (unpaired) electrons. The average Bonchev–Trinajstić information content (AvgIpc) is 3.64. The molecule has 1 aliphatic rings. The number of anilines is 2. The number of benzene rings is 2. The highest BCUT2D eigenvalue weighted by Gasteiger charge is 2.17. The molecule has 9 heteroatoms. The van der Waals surface area contributed by atoms with E-state index in [1.54, 1.807) is 6.20 Å². The second kappa shape index (κ2) is 10.5. The van der Waals surface area contributed by atoms with Gasteiger partial charge in [-0.3, -0.25) is 0 Å². The Labute approximate surface area is 208 Å². The van der Waals surface area contributed by atoms with Crippen LogP contribution in [0.2, 0.25) is 0 Å². The second-order valence-corrected chi connectivity index (χ2v) is 8.82. The molecule has 0 bridgehead atoms. The standard InChI is InChI=1S/C27H27N5O4/c1-32-16-20(13-28)22-7-6-21(12-24(22)32)31-26-29-15-25(36-26)23-5-3-2-4-19(23)14-30-27(33)35-11-9-18-8-10-34-17-18/h2-7,12,15-16,18H,8-11,14,17H2,1H3,(H,29,31)(H,30,33). The molecule has 1 atom stereocenters. The molecule has 1 fully saturated rings. The summed E-state index contributed by atoms with van der Waals surface area (Å²) in [5.41, 5.74) is 4.08. The Morgan fingerprint density at radius 3 is 3.03 bits per heavy atom. The predicted octanol–water partition coefficient (Wildman–Crippen LogP) is 5.10. The van der Waals surface area contributed by atoms with Crippen LogP contribution < -0.4 is 10.6 Å². The van der Waals surface area contributed by atoms with E-state index in [0.717, 1.165) is 53.8 Å². The second-order valence-electron chi connectivity index (χ2n) is 8.82. The van der Waals surface area contributed by atoms with Gasteiger partial charge < -0.3 is 29.1 Å². The number of nitriles is 1. The van der Waals surface area contributed by atoms with Crippen LogP contribution in [0.1, 0.15) is 24.0 Å². The summed E-state index contributed by atoms with van der Waals surface area (Å²) in [5, 5.41) is 16.2. The molecule has 1 saturated heterocycles. The zero-order valence-electron chi connectivity index (χ0n) is 20.0. The zero-order chi connectivity index (χ0) is 24.9. The van der Waals surface area contributed by atoms with E-state index in [9.17, 15) is 10.1 Å². The molecule has 1 amide bonds. The summed E-state index contributed by atoms with van der Waals surface area (Å²) in [5.74, 6) is 1.05. The molecule has 0 saturated carbocycles. The zero-order valence-corrected chi connectivity index (χ0v) is 20.0. The van der Waals surface area contributed by atoms with Gasteiger partial charge in [-0.1, -0.05) is 24.3 Å². The normalized spacial score (nSPS) is 15.1. The van der Waals surface area contributed by atoms with E-state index in [0.29, 0.717) is 36.4 Å². The maximum Gasteiger partial charge on any atom is 0.407 e. The van der Waals surface area contributed by atoms with Crippen molar-refractivity contribution in [3.63, 3.8) is 0 Å². The Hall–Kier alpha value is -4.29. The number of alkyl carbamates (subject to hydrolysis) is 1. The lowest BCUT2D eigenvalue weighted by atomic mass is 10.1. The fourth-order valence-corrected chi connectivity index (χ4v) is 4.39. The van der Waals surface area contributed by atoms with E-state index in [1.165, 1.54) is 0 Å². The maximum absolute atomic E-state index is 12.2. The van der Waals surface area contributed by atoms with Crippen LogP contribution in [0.25, 0.3) is 22.2 Å². The summed E-state index contributed by atoms with van der Waals surface area (Å²) in [6.07, 6.45) is 4.85. The number of rotatable bonds is 8. The first kappa shape index (κ1) is 23.5. The minimum Gasteiger partial charge on any atom is -0.450 e. The smallest absolute Gasteiger partial charge is 0.407 e. The number of oxazole rings is 1. The van der Waals surface area contributed by atoms with E-state index in [1.807, 2.05) is 60.3 Å². The van der Waals surface area contributed by atoms with Crippen LogP contribution in [-0.4, -0.2) is 35.5 Å². The first-order chi connectivity index (χ1) is 17.6. The number of fused-ring (bicyclic) bond motifs is 1. The number of hydrogen-bond donors (Lipinski definition) is 2. The van der Waals surface area contributed by atoms with Gasteiger partial charge in [-0.2, -0.15) is 5.26 Å². The summed E-state index contributed by atoms with van der Waals surface area (Å²) in [7, 11) is 1.90. The lowest BCUT2D eigenvalue weighted by molar-refractivity contribution is 0.133. The van der Waals surface area contributed by atoms with Crippen LogP contribution >= 0.6 is 0 Å². The minimum absolute atomic E-state index is 0.302. The van der Waals surface area contributed by atoms with Crippen LogP contribution in [0.5, 0.6) is 0 Å². The molecule has 1 aliphatic heterocycles. The van der Waals surface area contributed by atoms with E-state index in [2.05, 4.69) is 21.7 Å². The van der Waals surface area contributed by atoms with Crippen molar-refractivity contribution in [2.75, 3.05) is 25.1 Å². The molecule has 1 unspecified atom stereocenters. The fraction of sp³-hybridized carbons (Fsp3) is 0.296. The molecule has 0 aliphatic carbocycles. The Kier molecular flexibility index (Phi) is 6.87. The first-order valence-corrected chi connectivity index (χ1v) is 11.9. The van der Waals surface area contributed by atoms with Crippen LogP contribution in [0.15, 0.2) is 59.3 Å². The molecule has 0 spiro atoms. The maximum atomic E-state index is 12.2. The number of nitrogens with zero attached hydrogens (tertiary/aromatic N) is 3. The largest absolute Gasteiger partial charge is 0.450 e.